The van der Waals surface area contributed by atoms with Crippen LogP contribution >= 0.6 is 11.8 Å². The largest absolute Gasteiger partial charge is 0.456 e. The number of nitrogens with zero attached hydrogens (tertiary/aromatic N) is 4. The number of thioether (sulfide) groups is 1. The number of nitro groups is 2. The predicted molar refractivity (Wildman–Crippen MR) is 173 cm³/mol. The minimum absolute atomic E-state index is 0.0169. The molecule has 0 aliphatic carbocycles. The van der Waals surface area contributed by atoms with Crippen molar-refractivity contribution in [3.05, 3.63) is 90.5 Å². The molecule has 2 aromatic carbocycles. The monoisotopic (exact) mass is 697 g/mol. The van der Waals surface area contributed by atoms with Gasteiger partial charge in [-0.05, 0) is 55.7 Å². The molecule has 0 bridgehead atoms. The molecule has 2 aromatic rings. The number of likely N-dealkylation sites (N-methyl/N-ethyl adjacent to an activating group) is 1. The second-order valence-electron chi connectivity index (χ2n) is 12.3. The zero-order chi connectivity index (χ0) is 35.8. The van der Waals surface area contributed by atoms with E-state index in [4.69, 9.17) is 9.47 Å². The number of ether oxygens (including phenoxy) is 2. The normalized spacial score (nSPS) is 25.0. The Morgan fingerprint density at radius 2 is 1.55 bits per heavy atom. The summed E-state index contributed by atoms with van der Waals surface area (Å²) in [7, 11) is 1.44. The number of aliphatic hydroxyl groups excluding tert-OH is 1. The summed E-state index contributed by atoms with van der Waals surface area (Å²) in [5.41, 5.74) is -0.379. The molecule has 5 rings (SSSR count). The summed E-state index contributed by atoms with van der Waals surface area (Å²) in [6.45, 7) is 4.66. The SMILES string of the molecule is CNC(=O)[C@@H]1CC(SC2=C(C(=O)OCc3ccc([N+](=O)[O-])cc3)N3C(=O)[C@](C)([C@@H](C)O)[C@H]3[C@H]2C)CN1C(=O)OCc1ccc([N+](=O)[O-])cc1. The highest BCUT2D eigenvalue weighted by Crippen LogP contribution is 2.57. The Morgan fingerprint density at radius 1 is 1.02 bits per heavy atom. The van der Waals surface area contributed by atoms with Gasteiger partial charge in [-0.25, -0.2) is 9.59 Å². The predicted octanol–water partition coefficient (Wildman–Crippen LogP) is 3.26. The molecule has 2 fully saturated rings. The van der Waals surface area contributed by atoms with Crippen LogP contribution in [0.1, 0.15) is 38.3 Å². The molecule has 0 saturated carbocycles. The smallest absolute Gasteiger partial charge is 0.410 e. The number of hydrogen-bond acceptors (Lipinski definition) is 12. The van der Waals surface area contributed by atoms with Crippen molar-refractivity contribution in [2.75, 3.05) is 13.6 Å². The lowest BCUT2D eigenvalue weighted by Gasteiger charge is -2.54. The summed E-state index contributed by atoms with van der Waals surface area (Å²) >= 11 is 1.25. The minimum Gasteiger partial charge on any atom is -0.456 e. The quantitative estimate of drug-likeness (QED) is 0.150. The Morgan fingerprint density at radius 3 is 2.04 bits per heavy atom. The molecule has 49 heavy (non-hydrogen) atoms. The molecule has 3 heterocycles. The molecule has 3 amide bonds. The molecule has 2 saturated heterocycles. The van der Waals surface area contributed by atoms with E-state index in [9.17, 15) is 44.5 Å². The number of nitro benzene ring substituents is 2. The van der Waals surface area contributed by atoms with Gasteiger partial charge in [-0.1, -0.05) is 6.92 Å². The zero-order valence-corrected chi connectivity index (χ0v) is 27.9. The molecule has 3 aliphatic rings. The van der Waals surface area contributed by atoms with E-state index in [0.717, 1.165) is 0 Å². The third-order valence-electron chi connectivity index (χ3n) is 9.36. The number of β-lactam (4-membered cyclic amide) rings is 1. The maximum atomic E-state index is 13.7. The summed E-state index contributed by atoms with van der Waals surface area (Å²) in [5, 5.41) is 34.7. The summed E-state index contributed by atoms with van der Waals surface area (Å²) < 4.78 is 11.1. The summed E-state index contributed by atoms with van der Waals surface area (Å²) in [5.74, 6) is -2.07. The Hall–Kier alpha value is -5.03. The highest BCUT2D eigenvalue weighted by Gasteiger charge is 2.68. The highest BCUT2D eigenvalue weighted by molar-refractivity contribution is 8.03. The second kappa shape index (κ2) is 13.8. The molecule has 16 nitrogen and oxygen atoms in total. The topological polar surface area (TPSA) is 212 Å². The molecule has 1 unspecified atom stereocenters. The molecule has 17 heteroatoms. The van der Waals surface area contributed by atoms with Gasteiger partial charge in [-0.15, -0.1) is 11.8 Å². The van der Waals surface area contributed by atoms with E-state index < -0.39 is 68.5 Å². The molecule has 0 aromatic heterocycles. The van der Waals surface area contributed by atoms with E-state index in [1.807, 2.05) is 6.92 Å². The molecular formula is C32H35N5O11S. The fraction of sp³-hybridized carbons (Fsp3) is 0.438. The van der Waals surface area contributed by atoms with E-state index in [2.05, 4.69) is 5.32 Å². The number of aliphatic hydroxyl groups is 1. The van der Waals surface area contributed by atoms with Gasteiger partial charge in [0.15, 0.2) is 0 Å². The Labute approximate surface area is 284 Å². The van der Waals surface area contributed by atoms with Crippen LogP contribution in [0.5, 0.6) is 0 Å². The molecule has 6 atom stereocenters. The van der Waals surface area contributed by atoms with Crippen LogP contribution in [0.15, 0.2) is 59.1 Å². The lowest BCUT2D eigenvalue weighted by molar-refractivity contribution is -0.385. The summed E-state index contributed by atoms with van der Waals surface area (Å²) in [4.78, 5) is 77.3. The second-order valence-corrected chi connectivity index (χ2v) is 13.7. The highest BCUT2D eigenvalue weighted by atomic mass is 32.2. The molecular weight excluding hydrogens is 662 g/mol. The third kappa shape index (κ3) is 6.55. The number of fused-ring (bicyclic) bond motifs is 1. The van der Waals surface area contributed by atoms with Gasteiger partial charge in [0, 0.05) is 53.9 Å². The van der Waals surface area contributed by atoms with Crippen molar-refractivity contribution in [1.82, 2.24) is 15.1 Å². The minimum atomic E-state index is -1.17. The van der Waals surface area contributed by atoms with E-state index in [1.165, 1.54) is 84.1 Å². The van der Waals surface area contributed by atoms with Crippen LogP contribution in [0.4, 0.5) is 16.2 Å². The number of likely N-dealkylation sites (tertiary alicyclic amines) is 1. The van der Waals surface area contributed by atoms with Crippen molar-refractivity contribution in [3.8, 4) is 0 Å². The number of nitrogens with one attached hydrogen (secondary N) is 1. The summed E-state index contributed by atoms with van der Waals surface area (Å²) in [6.07, 6.45) is -1.59. The van der Waals surface area contributed by atoms with Crippen LogP contribution in [0.2, 0.25) is 0 Å². The number of rotatable bonds is 11. The molecule has 0 radical (unpaired) electrons. The average molecular weight is 698 g/mol. The lowest BCUT2D eigenvalue weighted by Crippen LogP contribution is -2.71. The standard InChI is InChI=1S/C32H35N5O11S/c1-17-26(49-23-13-24(28(39)33-4)34(14-23)31(42)48-16-20-7-11-22(12-8-20)37(45)46)25(35-27(17)32(3,18(2)38)30(35)41)29(40)47-15-19-5-9-21(10-6-19)36(43)44/h5-12,17-18,23-24,27,38H,13-16H2,1-4H3,(H,33,39)/t17-,18+,23?,24-,27+,32+/m0/s1. The molecule has 2 N–H and O–H groups in total. The number of carbonyl (C=O) groups is 4. The van der Waals surface area contributed by atoms with Gasteiger partial charge in [-0.3, -0.25) is 39.6 Å². The molecule has 260 valence electrons. The Bertz CT molecular complexity index is 1710. The first kappa shape index (κ1) is 35.3. The van der Waals surface area contributed by atoms with Crippen LogP contribution in [-0.4, -0.2) is 85.7 Å². The molecule has 3 aliphatic heterocycles. The maximum absolute atomic E-state index is 13.7. The zero-order valence-electron chi connectivity index (χ0n) is 27.1. The lowest BCUT2D eigenvalue weighted by atomic mass is 9.66. The van der Waals surface area contributed by atoms with Gasteiger partial charge in [0.05, 0.1) is 27.4 Å². The summed E-state index contributed by atoms with van der Waals surface area (Å²) in [6, 6.07) is 9.56. The van der Waals surface area contributed by atoms with Crippen LogP contribution in [0.25, 0.3) is 0 Å². The van der Waals surface area contributed by atoms with Crippen LogP contribution in [0.3, 0.4) is 0 Å². The average Bonchev–Trinajstić information content (AvgIpc) is 3.63. The van der Waals surface area contributed by atoms with Crippen molar-refractivity contribution in [2.45, 2.75) is 63.8 Å². The fourth-order valence-electron chi connectivity index (χ4n) is 6.52. The fourth-order valence-corrected chi connectivity index (χ4v) is 8.03. The molecule has 0 spiro atoms. The van der Waals surface area contributed by atoms with Crippen molar-refractivity contribution in [2.24, 2.45) is 11.3 Å². The van der Waals surface area contributed by atoms with Crippen molar-refractivity contribution in [3.63, 3.8) is 0 Å². The first-order chi connectivity index (χ1) is 23.2. The third-order valence-corrected chi connectivity index (χ3v) is 10.9. The number of benzene rings is 2. The maximum Gasteiger partial charge on any atom is 0.410 e. The van der Waals surface area contributed by atoms with Crippen molar-refractivity contribution in [1.29, 1.82) is 0 Å². The number of hydrogen-bond donors (Lipinski definition) is 2. The van der Waals surface area contributed by atoms with Crippen molar-refractivity contribution < 1.29 is 43.6 Å². The number of esters is 1. The van der Waals surface area contributed by atoms with Crippen LogP contribution < -0.4 is 5.32 Å². The Kier molecular flexibility index (Phi) is 9.96. The van der Waals surface area contributed by atoms with Crippen LogP contribution in [-0.2, 0) is 37.1 Å². The number of non-ortho nitro benzene ring substituents is 2. The first-order valence-electron chi connectivity index (χ1n) is 15.4. The number of carbonyl (C=O) groups excluding carboxylic acids is 4. The van der Waals surface area contributed by atoms with Gasteiger partial charge in [0.1, 0.15) is 25.0 Å². The van der Waals surface area contributed by atoms with Gasteiger partial charge < -0.3 is 19.9 Å². The van der Waals surface area contributed by atoms with E-state index in [0.29, 0.717) is 16.0 Å². The Balaban J connectivity index is 1.36. The van der Waals surface area contributed by atoms with E-state index in [1.54, 1.807) is 6.92 Å². The van der Waals surface area contributed by atoms with Gasteiger partial charge in [0.2, 0.25) is 11.8 Å². The van der Waals surface area contributed by atoms with E-state index >= 15 is 0 Å². The van der Waals surface area contributed by atoms with Gasteiger partial charge >= 0.3 is 12.1 Å². The van der Waals surface area contributed by atoms with Gasteiger partial charge in [0.25, 0.3) is 11.4 Å². The van der Waals surface area contributed by atoms with Crippen LogP contribution in [0, 0.1) is 31.6 Å². The van der Waals surface area contributed by atoms with Gasteiger partial charge in [-0.2, -0.15) is 0 Å². The van der Waals surface area contributed by atoms with Crippen molar-refractivity contribution >= 4 is 47.0 Å². The first-order valence-corrected chi connectivity index (χ1v) is 16.3. The number of amides is 3. The van der Waals surface area contributed by atoms with E-state index in [-0.39, 0.29) is 43.3 Å².